The minimum Gasteiger partial charge on any atom is -0.332 e. The Morgan fingerprint density at radius 2 is 2.33 bits per heavy atom. The quantitative estimate of drug-likeness (QED) is 0.733. The molecule has 24 heavy (non-hydrogen) atoms. The van der Waals surface area contributed by atoms with Crippen LogP contribution in [0.15, 0.2) is 35.1 Å². The number of piperazine rings is 1. The van der Waals surface area contributed by atoms with Crippen LogP contribution < -0.4 is 5.32 Å². The van der Waals surface area contributed by atoms with Gasteiger partial charge in [0.25, 0.3) is 5.89 Å². The van der Waals surface area contributed by atoms with Gasteiger partial charge in [0.15, 0.2) is 11.5 Å². The second-order valence-electron chi connectivity index (χ2n) is 5.78. The molecule has 9 heteroatoms. The standard InChI is InChI=1S/C15H18N8O/c1-22-7-6-16-8-13(22)14-18-15(24-20-14)12-10-23(21-19-12)9-11-4-2-3-5-17-11/h2-5,10,13,16H,6-9H2,1H3. The lowest BCUT2D eigenvalue weighted by Crippen LogP contribution is -2.44. The van der Waals surface area contributed by atoms with Gasteiger partial charge in [-0.25, -0.2) is 4.68 Å². The fourth-order valence-corrected chi connectivity index (χ4v) is 2.70. The second kappa shape index (κ2) is 6.46. The Labute approximate surface area is 138 Å². The van der Waals surface area contributed by atoms with Gasteiger partial charge in [0.1, 0.15) is 0 Å². The van der Waals surface area contributed by atoms with E-state index in [1.54, 1.807) is 17.1 Å². The molecule has 4 heterocycles. The van der Waals surface area contributed by atoms with Gasteiger partial charge in [-0.2, -0.15) is 4.98 Å². The summed E-state index contributed by atoms with van der Waals surface area (Å²) < 4.78 is 7.07. The van der Waals surface area contributed by atoms with E-state index in [0.29, 0.717) is 24.0 Å². The average Bonchev–Trinajstić information content (AvgIpc) is 3.25. The molecule has 0 amide bonds. The Hall–Kier alpha value is -2.65. The molecule has 0 bridgehead atoms. The molecule has 1 aliphatic rings. The highest BCUT2D eigenvalue weighted by Crippen LogP contribution is 2.21. The van der Waals surface area contributed by atoms with E-state index >= 15 is 0 Å². The van der Waals surface area contributed by atoms with Gasteiger partial charge >= 0.3 is 0 Å². The van der Waals surface area contributed by atoms with Gasteiger partial charge in [-0.15, -0.1) is 5.10 Å². The number of rotatable bonds is 4. The third-order valence-corrected chi connectivity index (χ3v) is 4.06. The zero-order valence-corrected chi connectivity index (χ0v) is 13.3. The van der Waals surface area contributed by atoms with Crippen LogP contribution >= 0.6 is 0 Å². The minimum absolute atomic E-state index is 0.111. The molecular formula is C15H18N8O. The highest BCUT2D eigenvalue weighted by atomic mass is 16.5. The van der Waals surface area contributed by atoms with Crippen molar-refractivity contribution in [2.24, 2.45) is 0 Å². The molecule has 0 aliphatic carbocycles. The first-order chi connectivity index (χ1) is 11.8. The Morgan fingerprint density at radius 1 is 1.38 bits per heavy atom. The van der Waals surface area contributed by atoms with Crippen molar-refractivity contribution in [1.29, 1.82) is 0 Å². The molecule has 0 radical (unpaired) electrons. The van der Waals surface area contributed by atoms with Gasteiger partial charge in [0.2, 0.25) is 0 Å². The van der Waals surface area contributed by atoms with Gasteiger partial charge < -0.3 is 9.84 Å². The van der Waals surface area contributed by atoms with Crippen LogP contribution in [0.1, 0.15) is 17.6 Å². The predicted molar refractivity (Wildman–Crippen MR) is 84.9 cm³/mol. The Bertz CT molecular complexity index is 799. The Morgan fingerprint density at radius 3 is 3.17 bits per heavy atom. The lowest BCUT2D eigenvalue weighted by Gasteiger charge is -2.30. The molecule has 3 aromatic rings. The molecular weight excluding hydrogens is 308 g/mol. The van der Waals surface area contributed by atoms with Gasteiger partial charge in [-0.1, -0.05) is 16.4 Å². The molecule has 1 atom stereocenters. The maximum absolute atomic E-state index is 5.37. The normalized spacial score (nSPS) is 18.8. The fraction of sp³-hybridized carbons (Fsp3) is 0.400. The minimum atomic E-state index is 0.111. The lowest BCUT2D eigenvalue weighted by atomic mass is 10.2. The van der Waals surface area contributed by atoms with Crippen molar-refractivity contribution < 1.29 is 4.52 Å². The van der Waals surface area contributed by atoms with E-state index in [1.807, 2.05) is 18.2 Å². The molecule has 1 unspecified atom stereocenters. The number of hydrogen-bond acceptors (Lipinski definition) is 8. The summed E-state index contributed by atoms with van der Waals surface area (Å²) in [4.78, 5) is 11.0. The molecule has 0 spiro atoms. The zero-order valence-electron chi connectivity index (χ0n) is 13.3. The van der Waals surface area contributed by atoms with Crippen LogP contribution in [0.5, 0.6) is 0 Å². The van der Waals surface area contributed by atoms with E-state index < -0.39 is 0 Å². The first kappa shape index (κ1) is 14.9. The molecule has 9 nitrogen and oxygen atoms in total. The molecule has 1 saturated heterocycles. The molecule has 1 N–H and O–H groups in total. The van der Waals surface area contributed by atoms with Gasteiger partial charge in [-0.05, 0) is 19.2 Å². The number of pyridine rings is 1. The molecule has 3 aromatic heterocycles. The topological polar surface area (TPSA) is 97.8 Å². The summed E-state index contributed by atoms with van der Waals surface area (Å²) in [5, 5.41) is 15.7. The summed E-state index contributed by atoms with van der Waals surface area (Å²) in [6.07, 6.45) is 3.54. The summed E-state index contributed by atoms with van der Waals surface area (Å²) in [5.41, 5.74) is 1.48. The van der Waals surface area contributed by atoms with Crippen molar-refractivity contribution in [3.05, 3.63) is 42.1 Å². The maximum atomic E-state index is 5.37. The highest BCUT2D eigenvalue weighted by molar-refractivity contribution is 5.43. The summed E-state index contributed by atoms with van der Waals surface area (Å²) in [6, 6.07) is 5.88. The summed E-state index contributed by atoms with van der Waals surface area (Å²) in [7, 11) is 2.06. The fourth-order valence-electron chi connectivity index (χ4n) is 2.70. The molecule has 1 fully saturated rings. The smallest absolute Gasteiger partial charge is 0.280 e. The van der Waals surface area contributed by atoms with Crippen molar-refractivity contribution >= 4 is 0 Å². The van der Waals surface area contributed by atoms with E-state index in [9.17, 15) is 0 Å². The largest absolute Gasteiger partial charge is 0.332 e. The van der Waals surface area contributed by atoms with Crippen molar-refractivity contribution in [3.63, 3.8) is 0 Å². The van der Waals surface area contributed by atoms with Crippen LogP contribution in [0.3, 0.4) is 0 Å². The first-order valence-electron chi connectivity index (χ1n) is 7.84. The second-order valence-corrected chi connectivity index (χ2v) is 5.78. The van der Waals surface area contributed by atoms with Crippen LogP contribution in [-0.4, -0.2) is 61.7 Å². The molecule has 124 valence electrons. The number of nitrogens with one attached hydrogen (secondary N) is 1. The third kappa shape index (κ3) is 3.03. The number of hydrogen-bond donors (Lipinski definition) is 1. The Kier molecular flexibility index (Phi) is 4.01. The predicted octanol–water partition coefficient (Wildman–Crippen LogP) is 0.347. The summed E-state index contributed by atoms with van der Waals surface area (Å²) in [5.74, 6) is 1.05. The van der Waals surface area contributed by atoms with E-state index in [2.05, 4.69) is 42.7 Å². The van der Waals surface area contributed by atoms with Crippen molar-refractivity contribution in [2.75, 3.05) is 26.7 Å². The van der Waals surface area contributed by atoms with E-state index in [1.165, 1.54) is 0 Å². The number of likely N-dealkylation sites (N-methyl/N-ethyl adjacent to an activating group) is 1. The molecule has 1 aliphatic heterocycles. The van der Waals surface area contributed by atoms with E-state index in [-0.39, 0.29) is 6.04 Å². The third-order valence-electron chi connectivity index (χ3n) is 4.06. The van der Waals surface area contributed by atoms with Crippen LogP contribution in [0.25, 0.3) is 11.6 Å². The van der Waals surface area contributed by atoms with Crippen molar-refractivity contribution in [3.8, 4) is 11.6 Å². The monoisotopic (exact) mass is 326 g/mol. The highest BCUT2D eigenvalue weighted by Gasteiger charge is 2.26. The van der Waals surface area contributed by atoms with Crippen molar-refractivity contribution in [2.45, 2.75) is 12.6 Å². The first-order valence-corrected chi connectivity index (χ1v) is 7.84. The number of nitrogens with zero attached hydrogens (tertiary/aromatic N) is 7. The van der Waals surface area contributed by atoms with E-state index in [4.69, 9.17) is 4.52 Å². The van der Waals surface area contributed by atoms with Crippen LogP contribution in [0.2, 0.25) is 0 Å². The van der Waals surface area contributed by atoms with Gasteiger partial charge in [0.05, 0.1) is 24.5 Å². The van der Waals surface area contributed by atoms with Crippen molar-refractivity contribution in [1.82, 2.24) is 40.3 Å². The Balaban J connectivity index is 1.50. The summed E-state index contributed by atoms with van der Waals surface area (Å²) in [6.45, 7) is 3.28. The molecule has 0 aromatic carbocycles. The summed E-state index contributed by atoms with van der Waals surface area (Å²) >= 11 is 0. The van der Waals surface area contributed by atoms with Crippen LogP contribution in [-0.2, 0) is 6.54 Å². The maximum Gasteiger partial charge on any atom is 0.280 e. The molecule has 0 saturated carbocycles. The van der Waals surface area contributed by atoms with Crippen LogP contribution in [0.4, 0.5) is 0 Å². The van der Waals surface area contributed by atoms with Gasteiger partial charge in [0, 0.05) is 25.8 Å². The zero-order chi connectivity index (χ0) is 16.4. The molecule has 4 rings (SSSR count). The van der Waals surface area contributed by atoms with Crippen LogP contribution in [0, 0.1) is 0 Å². The van der Waals surface area contributed by atoms with E-state index in [0.717, 1.165) is 25.3 Å². The number of aromatic nitrogens is 6. The SMILES string of the molecule is CN1CCNCC1c1noc(-c2cn(Cc3ccccn3)nn2)n1. The lowest BCUT2D eigenvalue weighted by molar-refractivity contribution is 0.190. The van der Waals surface area contributed by atoms with Gasteiger partial charge in [-0.3, -0.25) is 9.88 Å². The average molecular weight is 326 g/mol.